The molecule has 1 saturated carbocycles. The number of nitrogens with one attached hydrogen (secondary N) is 1. The average Bonchev–Trinajstić information content (AvgIpc) is 3.33. The molecule has 0 aliphatic heterocycles. The zero-order valence-corrected chi connectivity index (χ0v) is 15.5. The Kier molecular flexibility index (Phi) is 5.42. The molecular formula is C18H23FN4OS. The molecule has 1 aliphatic rings. The van der Waals surface area contributed by atoms with E-state index in [-0.39, 0.29) is 23.5 Å². The summed E-state index contributed by atoms with van der Waals surface area (Å²) in [6.07, 6.45) is 2.06. The van der Waals surface area contributed by atoms with Crippen LogP contribution < -0.4 is 5.32 Å². The molecule has 0 spiro atoms. The van der Waals surface area contributed by atoms with Crippen LogP contribution in [-0.2, 0) is 4.79 Å². The van der Waals surface area contributed by atoms with Crippen molar-refractivity contribution in [2.45, 2.75) is 50.9 Å². The predicted molar refractivity (Wildman–Crippen MR) is 96.9 cm³/mol. The van der Waals surface area contributed by atoms with Crippen molar-refractivity contribution in [3.63, 3.8) is 0 Å². The van der Waals surface area contributed by atoms with E-state index in [4.69, 9.17) is 0 Å². The van der Waals surface area contributed by atoms with Gasteiger partial charge in [0.05, 0.1) is 11.3 Å². The number of halogens is 1. The number of nitrogens with zero attached hydrogens (tertiary/aromatic N) is 3. The van der Waals surface area contributed by atoms with E-state index < -0.39 is 0 Å². The second-order valence-corrected chi connectivity index (χ2v) is 7.72. The van der Waals surface area contributed by atoms with Crippen molar-refractivity contribution in [2.24, 2.45) is 5.92 Å². The predicted octanol–water partition coefficient (Wildman–Crippen LogP) is 3.67. The Hall–Kier alpha value is -1.89. The first-order valence-corrected chi connectivity index (χ1v) is 9.58. The Morgan fingerprint density at radius 3 is 2.68 bits per heavy atom. The lowest BCUT2D eigenvalue weighted by molar-refractivity contribution is -0.119. The van der Waals surface area contributed by atoms with Crippen LogP contribution in [-0.4, -0.2) is 32.5 Å². The minimum atomic E-state index is -0.308. The average molecular weight is 362 g/mol. The number of hydrogen-bond acceptors (Lipinski definition) is 4. The summed E-state index contributed by atoms with van der Waals surface area (Å²) in [4.78, 5) is 12.1. The number of amides is 1. The first kappa shape index (κ1) is 17.9. The molecule has 3 rings (SSSR count). The van der Waals surface area contributed by atoms with E-state index in [1.165, 1.54) is 17.8 Å². The molecule has 0 bridgehead atoms. The van der Waals surface area contributed by atoms with Crippen LogP contribution in [0.15, 0.2) is 29.4 Å². The smallest absolute Gasteiger partial charge is 0.230 e. The number of benzene rings is 1. The van der Waals surface area contributed by atoms with Crippen LogP contribution in [0, 0.1) is 11.7 Å². The molecule has 0 saturated heterocycles. The third-order valence-electron chi connectivity index (χ3n) is 4.41. The summed E-state index contributed by atoms with van der Waals surface area (Å²) < 4.78 is 16.1. The number of hydrogen-bond donors (Lipinski definition) is 1. The number of rotatable bonds is 7. The summed E-state index contributed by atoms with van der Waals surface area (Å²) in [5, 5.41) is 12.1. The molecule has 2 aromatic rings. The number of aromatic nitrogens is 3. The van der Waals surface area contributed by atoms with Crippen LogP contribution in [0.3, 0.4) is 0 Å². The van der Waals surface area contributed by atoms with E-state index in [0.717, 1.165) is 12.8 Å². The van der Waals surface area contributed by atoms with Crippen molar-refractivity contribution < 1.29 is 9.18 Å². The minimum absolute atomic E-state index is 0.0241. The highest BCUT2D eigenvalue weighted by Gasteiger charge is 2.31. The van der Waals surface area contributed by atoms with Crippen LogP contribution in [0.4, 0.5) is 4.39 Å². The van der Waals surface area contributed by atoms with E-state index >= 15 is 0 Å². The summed E-state index contributed by atoms with van der Waals surface area (Å²) in [6, 6.07) is 7.01. The summed E-state index contributed by atoms with van der Waals surface area (Å²) in [5.74, 6) is 0.871. The Balaban J connectivity index is 1.75. The van der Waals surface area contributed by atoms with Crippen LogP contribution in [0.25, 0.3) is 11.4 Å². The van der Waals surface area contributed by atoms with Gasteiger partial charge in [-0.15, -0.1) is 10.2 Å². The lowest BCUT2D eigenvalue weighted by Gasteiger charge is -2.17. The molecule has 1 fully saturated rings. The van der Waals surface area contributed by atoms with Crippen LogP contribution in [0.2, 0.25) is 0 Å². The van der Waals surface area contributed by atoms with Crippen molar-refractivity contribution in [1.82, 2.24) is 20.1 Å². The highest BCUT2D eigenvalue weighted by atomic mass is 32.2. The fourth-order valence-corrected chi connectivity index (χ4v) is 3.27. The standard InChI is InChI=1S/C18H23FN4OS/c1-11(2)12(3)20-16(24)10-25-18-22-21-17(23(18)13-8-9-13)14-6-4-5-7-15(14)19/h4-7,11-13H,8-10H2,1-3H3,(H,20,24). The summed E-state index contributed by atoms with van der Waals surface area (Å²) in [7, 11) is 0. The lowest BCUT2D eigenvalue weighted by atomic mass is 10.1. The number of carbonyl (C=O) groups is 1. The molecule has 5 nitrogen and oxygen atoms in total. The van der Waals surface area contributed by atoms with Crippen molar-refractivity contribution in [1.29, 1.82) is 0 Å². The van der Waals surface area contributed by atoms with Gasteiger partial charge in [0, 0.05) is 12.1 Å². The van der Waals surface area contributed by atoms with E-state index in [1.54, 1.807) is 18.2 Å². The summed E-state index contributed by atoms with van der Waals surface area (Å²) in [6.45, 7) is 6.14. The van der Waals surface area contributed by atoms with Crippen molar-refractivity contribution in [3.8, 4) is 11.4 Å². The second kappa shape index (κ2) is 7.56. The Bertz CT molecular complexity index is 757. The first-order chi connectivity index (χ1) is 12.0. The molecular weight excluding hydrogens is 339 g/mol. The van der Waals surface area contributed by atoms with Gasteiger partial charge in [-0.1, -0.05) is 37.7 Å². The first-order valence-electron chi connectivity index (χ1n) is 8.59. The third-order valence-corrected chi connectivity index (χ3v) is 5.36. The van der Waals surface area contributed by atoms with Gasteiger partial charge in [-0.05, 0) is 37.8 Å². The van der Waals surface area contributed by atoms with E-state index in [2.05, 4.69) is 29.4 Å². The second-order valence-electron chi connectivity index (χ2n) is 6.78. The highest BCUT2D eigenvalue weighted by molar-refractivity contribution is 7.99. The topological polar surface area (TPSA) is 59.8 Å². The molecule has 1 aliphatic carbocycles. The summed E-state index contributed by atoms with van der Waals surface area (Å²) in [5.41, 5.74) is 0.451. The van der Waals surface area contributed by atoms with Crippen molar-refractivity contribution in [3.05, 3.63) is 30.1 Å². The van der Waals surface area contributed by atoms with Crippen molar-refractivity contribution in [2.75, 3.05) is 5.75 Å². The monoisotopic (exact) mass is 362 g/mol. The lowest BCUT2D eigenvalue weighted by Crippen LogP contribution is -2.37. The number of thioether (sulfide) groups is 1. The fraction of sp³-hybridized carbons (Fsp3) is 0.500. The Morgan fingerprint density at radius 2 is 2.04 bits per heavy atom. The third kappa shape index (κ3) is 4.21. The molecule has 1 aromatic heterocycles. The van der Waals surface area contributed by atoms with E-state index in [1.807, 2.05) is 11.5 Å². The van der Waals surface area contributed by atoms with Gasteiger partial charge in [-0.25, -0.2) is 4.39 Å². The number of carbonyl (C=O) groups excluding carboxylic acids is 1. The quantitative estimate of drug-likeness (QED) is 0.764. The van der Waals surface area contributed by atoms with Gasteiger partial charge >= 0.3 is 0 Å². The fourth-order valence-electron chi connectivity index (χ4n) is 2.46. The Morgan fingerprint density at radius 1 is 1.32 bits per heavy atom. The maximum Gasteiger partial charge on any atom is 0.230 e. The van der Waals surface area contributed by atoms with Gasteiger partial charge in [0.1, 0.15) is 5.82 Å². The summed E-state index contributed by atoms with van der Waals surface area (Å²) >= 11 is 1.35. The van der Waals surface area contributed by atoms with Crippen LogP contribution in [0.1, 0.15) is 39.7 Å². The normalized spacial score (nSPS) is 15.4. The van der Waals surface area contributed by atoms with Gasteiger partial charge < -0.3 is 5.32 Å². The van der Waals surface area contributed by atoms with E-state index in [9.17, 15) is 9.18 Å². The molecule has 1 amide bonds. The minimum Gasteiger partial charge on any atom is -0.353 e. The molecule has 25 heavy (non-hydrogen) atoms. The maximum absolute atomic E-state index is 14.1. The van der Waals surface area contributed by atoms with Crippen molar-refractivity contribution >= 4 is 17.7 Å². The molecule has 7 heteroatoms. The molecule has 1 heterocycles. The highest BCUT2D eigenvalue weighted by Crippen LogP contribution is 2.41. The van der Waals surface area contributed by atoms with Gasteiger partial charge in [0.2, 0.25) is 5.91 Å². The van der Waals surface area contributed by atoms with Crippen LogP contribution in [0.5, 0.6) is 0 Å². The van der Waals surface area contributed by atoms with Gasteiger partial charge in [0.15, 0.2) is 11.0 Å². The largest absolute Gasteiger partial charge is 0.353 e. The maximum atomic E-state index is 14.1. The zero-order chi connectivity index (χ0) is 18.0. The van der Waals surface area contributed by atoms with Crippen LogP contribution >= 0.6 is 11.8 Å². The molecule has 0 radical (unpaired) electrons. The SMILES string of the molecule is CC(C)C(C)NC(=O)CSc1nnc(-c2ccccc2F)n1C1CC1. The molecule has 1 aromatic carbocycles. The van der Waals surface area contributed by atoms with E-state index in [0.29, 0.717) is 28.5 Å². The molecule has 134 valence electrons. The molecule has 1 atom stereocenters. The molecule has 1 unspecified atom stereocenters. The van der Waals surface area contributed by atoms with Gasteiger partial charge in [-0.2, -0.15) is 0 Å². The van der Waals surface area contributed by atoms with Gasteiger partial charge in [0.25, 0.3) is 0 Å². The Labute approximate surface area is 151 Å². The zero-order valence-electron chi connectivity index (χ0n) is 14.7. The molecule has 1 N–H and O–H groups in total. The van der Waals surface area contributed by atoms with Gasteiger partial charge in [-0.3, -0.25) is 9.36 Å².